The van der Waals surface area contributed by atoms with Crippen LogP contribution in [0.25, 0.3) is 0 Å². The molecule has 0 aromatic heterocycles. The van der Waals surface area contributed by atoms with Crippen LogP contribution in [0, 0.1) is 0 Å². The molecule has 1 saturated heterocycles. The fraction of sp³-hybridized carbons (Fsp3) is 0.350. The quantitative estimate of drug-likeness (QED) is 0.569. The van der Waals surface area contributed by atoms with Gasteiger partial charge in [0, 0.05) is 30.1 Å². The Morgan fingerprint density at radius 2 is 1.88 bits per heavy atom. The first-order chi connectivity index (χ1) is 12.3. The molecule has 3 rings (SSSR count). The molecular formula is C20H24N2O2S. The van der Waals surface area contributed by atoms with E-state index in [4.69, 9.17) is 4.74 Å². The van der Waals surface area contributed by atoms with Crippen molar-refractivity contribution in [3.05, 3.63) is 65.7 Å². The van der Waals surface area contributed by atoms with Crippen LogP contribution in [0.2, 0.25) is 0 Å². The number of anilines is 1. The number of carbonyl (C=O) groups excluding carboxylic acids is 1. The number of hydrogen-bond acceptors (Lipinski definition) is 4. The summed E-state index contributed by atoms with van der Waals surface area (Å²) in [5.74, 6) is 1.14. The van der Waals surface area contributed by atoms with Crippen molar-refractivity contribution in [3.8, 4) is 0 Å². The van der Waals surface area contributed by atoms with Gasteiger partial charge in [0.15, 0.2) is 0 Å². The monoisotopic (exact) mass is 356 g/mol. The van der Waals surface area contributed by atoms with E-state index >= 15 is 0 Å². The van der Waals surface area contributed by atoms with Gasteiger partial charge in [0.1, 0.15) is 0 Å². The highest BCUT2D eigenvalue weighted by Crippen LogP contribution is 2.20. The molecule has 2 aromatic rings. The fourth-order valence-corrected chi connectivity index (χ4v) is 3.21. The number of hydrogen-bond donors (Lipinski definition) is 1. The zero-order chi connectivity index (χ0) is 17.5. The molecule has 0 unspecified atom stereocenters. The van der Waals surface area contributed by atoms with Gasteiger partial charge >= 0.3 is 0 Å². The highest BCUT2D eigenvalue weighted by Gasteiger charge is 2.31. The molecule has 1 heterocycles. The summed E-state index contributed by atoms with van der Waals surface area (Å²) in [5, 5.41) is 0. The Bertz CT molecular complexity index is 670. The lowest BCUT2D eigenvalue weighted by Gasteiger charge is -2.39. The van der Waals surface area contributed by atoms with Crippen LogP contribution in [0.4, 0.5) is 5.69 Å². The summed E-state index contributed by atoms with van der Waals surface area (Å²) in [7, 11) is 0. The summed E-state index contributed by atoms with van der Waals surface area (Å²) in [6.45, 7) is 4.08. The Balaban J connectivity index is 1.42. The summed E-state index contributed by atoms with van der Waals surface area (Å²) in [6, 6.07) is 17.8. The molecule has 2 aromatic carbocycles. The summed E-state index contributed by atoms with van der Waals surface area (Å²) < 4.78 is 9.13. The van der Waals surface area contributed by atoms with Crippen LogP contribution in [0.3, 0.4) is 0 Å². The second-order valence-electron chi connectivity index (χ2n) is 6.16. The van der Waals surface area contributed by atoms with Crippen molar-refractivity contribution < 1.29 is 9.53 Å². The third-order valence-electron chi connectivity index (χ3n) is 4.09. The van der Waals surface area contributed by atoms with E-state index in [0.29, 0.717) is 19.7 Å². The molecule has 1 amide bonds. The van der Waals surface area contributed by atoms with Gasteiger partial charge in [-0.05, 0) is 36.2 Å². The second kappa shape index (κ2) is 8.92. The van der Waals surface area contributed by atoms with Gasteiger partial charge in [-0.2, -0.15) is 0 Å². The van der Waals surface area contributed by atoms with Gasteiger partial charge in [-0.15, -0.1) is 0 Å². The van der Waals surface area contributed by atoms with Gasteiger partial charge < -0.3 is 14.4 Å². The maximum atomic E-state index is 12.5. The zero-order valence-electron chi connectivity index (χ0n) is 14.5. The molecule has 0 saturated carbocycles. The third-order valence-corrected chi connectivity index (χ3v) is 5.08. The Kier molecular flexibility index (Phi) is 6.36. The molecule has 0 radical (unpaired) electrons. The van der Waals surface area contributed by atoms with E-state index in [0.717, 1.165) is 29.0 Å². The lowest BCUT2D eigenvalue weighted by atomic mass is 10.1. The minimum atomic E-state index is 0.0762. The molecule has 25 heavy (non-hydrogen) atoms. The van der Waals surface area contributed by atoms with Gasteiger partial charge in [-0.3, -0.25) is 4.79 Å². The van der Waals surface area contributed by atoms with Crippen molar-refractivity contribution in [2.75, 3.05) is 23.6 Å². The van der Waals surface area contributed by atoms with Gasteiger partial charge in [0.05, 0.1) is 12.7 Å². The zero-order valence-corrected chi connectivity index (χ0v) is 15.3. The molecule has 1 aliphatic heterocycles. The van der Waals surface area contributed by atoms with E-state index in [1.807, 2.05) is 47.4 Å². The molecule has 1 N–H and O–H groups in total. The van der Waals surface area contributed by atoms with E-state index < -0.39 is 0 Å². The maximum absolute atomic E-state index is 12.5. The molecule has 0 spiro atoms. The van der Waals surface area contributed by atoms with Gasteiger partial charge in [-0.1, -0.05) is 49.2 Å². The number of likely N-dealkylation sites (tertiary alicyclic amines) is 1. The summed E-state index contributed by atoms with van der Waals surface area (Å²) in [5.41, 5.74) is 2.92. The molecule has 0 aliphatic carbocycles. The topological polar surface area (TPSA) is 41.6 Å². The Morgan fingerprint density at radius 1 is 1.16 bits per heavy atom. The van der Waals surface area contributed by atoms with E-state index in [9.17, 15) is 4.79 Å². The molecule has 1 aliphatic rings. The number of amides is 1. The maximum Gasteiger partial charge on any atom is 0.254 e. The second-order valence-corrected chi connectivity index (χ2v) is 7.06. The molecule has 132 valence electrons. The molecule has 0 bridgehead atoms. The van der Waals surface area contributed by atoms with Crippen molar-refractivity contribution in [2.24, 2.45) is 0 Å². The molecule has 4 nitrogen and oxygen atoms in total. The van der Waals surface area contributed by atoms with Crippen LogP contribution in [0.5, 0.6) is 0 Å². The number of ether oxygens (including phenoxy) is 1. The number of nitrogens with one attached hydrogen (secondary N) is 1. The van der Waals surface area contributed by atoms with Crippen molar-refractivity contribution in [1.29, 1.82) is 0 Å². The molecule has 1 fully saturated rings. The third kappa shape index (κ3) is 5.00. The van der Waals surface area contributed by atoms with E-state index in [1.54, 1.807) is 11.9 Å². The highest BCUT2D eigenvalue weighted by molar-refractivity contribution is 8.00. The van der Waals surface area contributed by atoms with Crippen LogP contribution in [0.1, 0.15) is 29.3 Å². The van der Waals surface area contributed by atoms with Crippen LogP contribution >= 0.6 is 11.9 Å². The van der Waals surface area contributed by atoms with Crippen molar-refractivity contribution in [3.63, 3.8) is 0 Å². The SMILES string of the molecule is CCCSNc1ccc(C(=O)N2CC(OCc3ccccc3)C2)cc1. The van der Waals surface area contributed by atoms with Gasteiger partial charge in [-0.25, -0.2) is 0 Å². The first-order valence-corrected chi connectivity index (χ1v) is 9.67. The first-order valence-electron chi connectivity index (χ1n) is 8.69. The Hall–Kier alpha value is -1.98. The lowest BCUT2D eigenvalue weighted by Crippen LogP contribution is -2.54. The smallest absolute Gasteiger partial charge is 0.254 e. The average molecular weight is 356 g/mol. The summed E-state index contributed by atoms with van der Waals surface area (Å²) in [4.78, 5) is 14.3. The number of rotatable bonds is 8. The average Bonchev–Trinajstić information content (AvgIpc) is 2.62. The predicted octanol–water partition coefficient (Wildman–Crippen LogP) is 4.20. The minimum absolute atomic E-state index is 0.0762. The number of carbonyl (C=O) groups is 1. The normalized spacial score (nSPS) is 14.2. The Labute approximate surface area is 153 Å². The number of benzene rings is 2. The molecular weight excluding hydrogens is 332 g/mol. The van der Waals surface area contributed by atoms with Gasteiger partial charge in [0.25, 0.3) is 5.91 Å². The minimum Gasteiger partial charge on any atom is -0.370 e. The molecule has 0 atom stereocenters. The van der Waals surface area contributed by atoms with Crippen molar-refractivity contribution >= 4 is 23.5 Å². The van der Waals surface area contributed by atoms with Crippen LogP contribution < -0.4 is 4.72 Å². The first kappa shape index (κ1) is 17.8. The van der Waals surface area contributed by atoms with Crippen molar-refractivity contribution in [2.45, 2.75) is 26.1 Å². The predicted molar refractivity (Wildman–Crippen MR) is 104 cm³/mol. The van der Waals surface area contributed by atoms with Crippen LogP contribution in [-0.4, -0.2) is 35.8 Å². The largest absolute Gasteiger partial charge is 0.370 e. The van der Waals surface area contributed by atoms with Crippen LogP contribution in [0.15, 0.2) is 54.6 Å². The van der Waals surface area contributed by atoms with E-state index in [2.05, 4.69) is 23.8 Å². The summed E-state index contributed by atoms with van der Waals surface area (Å²) >= 11 is 1.68. The molecule has 5 heteroatoms. The van der Waals surface area contributed by atoms with Crippen molar-refractivity contribution in [1.82, 2.24) is 4.90 Å². The van der Waals surface area contributed by atoms with Crippen LogP contribution in [-0.2, 0) is 11.3 Å². The number of nitrogens with zero attached hydrogens (tertiary/aromatic N) is 1. The standard InChI is InChI=1S/C20H24N2O2S/c1-2-12-25-21-18-10-8-17(9-11-18)20(23)22-13-19(14-22)24-15-16-6-4-3-5-7-16/h3-11,19,21H,2,12-15H2,1H3. The highest BCUT2D eigenvalue weighted by atomic mass is 32.2. The van der Waals surface area contributed by atoms with E-state index in [-0.39, 0.29) is 12.0 Å². The Morgan fingerprint density at radius 3 is 2.56 bits per heavy atom. The fourth-order valence-electron chi connectivity index (χ4n) is 2.60. The van der Waals surface area contributed by atoms with Gasteiger partial charge in [0.2, 0.25) is 0 Å². The summed E-state index contributed by atoms with van der Waals surface area (Å²) in [6.07, 6.45) is 1.27. The lowest BCUT2D eigenvalue weighted by molar-refractivity contribution is -0.0503. The van der Waals surface area contributed by atoms with E-state index in [1.165, 1.54) is 0 Å².